The van der Waals surface area contributed by atoms with E-state index in [1.165, 1.54) is 18.2 Å². The van der Waals surface area contributed by atoms with Gasteiger partial charge in [-0.3, -0.25) is 9.59 Å². The van der Waals surface area contributed by atoms with Crippen LogP contribution in [0, 0.1) is 5.92 Å². The summed E-state index contributed by atoms with van der Waals surface area (Å²) < 4.78 is 0. The van der Waals surface area contributed by atoms with E-state index >= 15 is 0 Å². The third kappa shape index (κ3) is 3.48. The Morgan fingerprint density at radius 1 is 1.08 bits per heavy atom. The molecule has 3 atom stereocenters. The van der Waals surface area contributed by atoms with Gasteiger partial charge in [0.1, 0.15) is 0 Å². The molecule has 2 fully saturated rings. The van der Waals surface area contributed by atoms with Gasteiger partial charge in [-0.05, 0) is 61.7 Å². The molecule has 2 aliphatic rings. The maximum absolute atomic E-state index is 12.5. The van der Waals surface area contributed by atoms with E-state index in [1.807, 2.05) is 36.4 Å². The van der Waals surface area contributed by atoms with Crippen LogP contribution in [-0.2, 0) is 0 Å². The number of primary amides is 1. The van der Waals surface area contributed by atoms with Crippen LogP contribution >= 0.6 is 11.8 Å². The van der Waals surface area contributed by atoms with Gasteiger partial charge in [-0.25, -0.2) is 0 Å². The first-order chi connectivity index (χ1) is 12.6. The number of benzene rings is 2. The Bertz CT molecular complexity index is 837. The molecule has 2 bridgehead atoms. The lowest BCUT2D eigenvalue weighted by Crippen LogP contribution is -2.47. The average Bonchev–Trinajstić information content (AvgIpc) is 3.25. The summed E-state index contributed by atoms with van der Waals surface area (Å²) in [6.45, 7) is 1.08. The number of fused-ring (bicyclic) bond motifs is 2. The van der Waals surface area contributed by atoms with E-state index in [0.717, 1.165) is 22.8 Å². The van der Waals surface area contributed by atoms with Gasteiger partial charge in [0.15, 0.2) is 0 Å². The minimum atomic E-state index is -0.441. The van der Waals surface area contributed by atoms with Crippen LogP contribution in [-0.4, -0.2) is 30.4 Å². The number of carbonyl (C=O) groups is 2. The Morgan fingerprint density at radius 2 is 1.85 bits per heavy atom. The number of carbonyl (C=O) groups excluding carboxylic acids is 2. The second-order valence-corrected chi connectivity index (χ2v) is 8.03. The average molecular weight is 367 g/mol. The largest absolute Gasteiger partial charge is 0.366 e. The molecule has 134 valence electrons. The molecule has 2 aromatic carbocycles. The third-order valence-electron chi connectivity index (χ3n) is 5.14. The normalized spacial score (nSPS) is 23.8. The summed E-state index contributed by atoms with van der Waals surface area (Å²) in [4.78, 5) is 25.8. The van der Waals surface area contributed by atoms with Crippen molar-refractivity contribution in [2.24, 2.45) is 11.7 Å². The Kier molecular flexibility index (Phi) is 4.70. The monoisotopic (exact) mass is 367 g/mol. The highest BCUT2D eigenvalue weighted by molar-refractivity contribution is 7.99. The third-order valence-corrected chi connectivity index (χ3v) is 6.23. The number of piperidine rings is 1. The highest BCUT2D eigenvalue weighted by Gasteiger charge is 2.39. The molecule has 1 aliphatic carbocycles. The first kappa shape index (κ1) is 17.1. The van der Waals surface area contributed by atoms with Crippen molar-refractivity contribution in [3.8, 4) is 0 Å². The number of rotatable bonds is 5. The van der Waals surface area contributed by atoms with Gasteiger partial charge >= 0.3 is 0 Å². The molecular weight excluding hydrogens is 346 g/mol. The number of nitrogens with two attached hydrogens (primary N) is 1. The zero-order valence-corrected chi connectivity index (χ0v) is 15.1. The molecule has 1 saturated carbocycles. The summed E-state index contributed by atoms with van der Waals surface area (Å²) in [7, 11) is 0. The Labute approximate surface area is 156 Å². The Balaban J connectivity index is 1.42. The molecule has 4 N–H and O–H groups in total. The van der Waals surface area contributed by atoms with Crippen molar-refractivity contribution in [2.75, 3.05) is 6.54 Å². The van der Waals surface area contributed by atoms with Crippen molar-refractivity contribution in [2.45, 2.75) is 34.7 Å². The molecule has 5 nitrogen and oxygen atoms in total. The van der Waals surface area contributed by atoms with Crippen LogP contribution in [0.2, 0.25) is 0 Å². The van der Waals surface area contributed by atoms with Crippen LogP contribution in [0.5, 0.6) is 0 Å². The maximum Gasteiger partial charge on any atom is 0.251 e. The fourth-order valence-corrected chi connectivity index (χ4v) is 4.78. The lowest BCUT2D eigenvalue weighted by atomic mass is 10.1. The Hall–Kier alpha value is -2.31. The molecule has 4 rings (SSSR count). The van der Waals surface area contributed by atoms with Gasteiger partial charge < -0.3 is 16.4 Å². The van der Waals surface area contributed by atoms with E-state index in [4.69, 9.17) is 5.73 Å². The van der Waals surface area contributed by atoms with E-state index in [2.05, 4.69) is 10.6 Å². The van der Waals surface area contributed by atoms with Crippen LogP contribution in [0.15, 0.2) is 58.3 Å². The fourth-order valence-electron chi connectivity index (χ4n) is 3.83. The molecule has 0 spiro atoms. The zero-order valence-electron chi connectivity index (χ0n) is 14.3. The van der Waals surface area contributed by atoms with E-state index in [0.29, 0.717) is 23.1 Å². The minimum Gasteiger partial charge on any atom is -0.366 e. The summed E-state index contributed by atoms with van der Waals surface area (Å²) in [6.07, 6.45) is 2.24. The molecule has 2 aromatic rings. The van der Waals surface area contributed by atoms with Crippen LogP contribution in [0.3, 0.4) is 0 Å². The minimum absolute atomic E-state index is 0.0292. The molecule has 1 saturated heterocycles. The number of hydrogen-bond acceptors (Lipinski definition) is 4. The second kappa shape index (κ2) is 7.13. The van der Waals surface area contributed by atoms with Crippen molar-refractivity contribution >= 4 is 23.6 Å². The molecule has 3 unspecified atom stereocenters. The molecule has 1 aliphatic heterocycles. The van der Waals surface area contributed by atoms with Crippen LogP contribution in [0.4, 0.5) is 0 Å². The smallest absolute Gasteiger partial charge is 0.251 e. The SMILES string of the molecule is NC(=O)c1ccccc1Sc1ccc(C(=O)NC2CC3CNC2C3)cc1. The molecule has 6 heteroatoms. The maximum atomic E-state index is 12.5. The Morgan fingerprint density at radius 3 is 2.50 bits per heavy atom. The standard InChI is InChI=1S/C20H21N3O2S/c21-19(24)15-3-1-2-4-18(15)26-14-7-5-13(6-8-14)20(25)23-17-10-12-9-16(17)22-11-12/h1-8,12,16-17,22H,9-11H2,(H2,21,24)(H,23,25). The molecule has 0 radical (unpaired) electrons. The quantitative estimate of drug-likeness (QED) is 0.758. The highest BCUT2D eigenvalue weighted by atomic mass is 32.2. The van der Waals surface area contributed by atoms with Crippen LogP contribution < -0.4 is 16.4 Å². The number of nitrogens with one attached hydrogen (secondary N) is 2. The molecule has 1 heterocycles. The zero-order chi connectivity index (χ0) is 18.1. The first-order valence-electron chi connectivity index (χ1n) is 8.81. The molecule has 0 aromatic heterocycles. The van der Waals surface area contributed by atoms with E-state index in [-0.39, 0.29) is 11.9 Å². The van der Waals surface area contributed by atoms with Gasteiger partial charge in [0.2, 0.25) is 5.91 Å². The van der Waals surface area contributed by atoms with E-state index in [1.54, 1.807) is 12.1 Å². The summed E-state index contributed by atoms with van der Waals surface area (Å²) in [6, 6.07) is 15.4. The summed E-state index contributed by atoms with van der Waals surface area (Å²) >= 11 is 1.46. The summed E-state index contributed by atoms with van der Waals surface area (Å²) in [5.74, 6) is 0.233. The van der Waals surface area contributed by atoms with Gasteiger partial charge in [0.05, 0.1) is 5.56 Å². The topological polar surface area (TPSA) is 84.2 Å². The molecule has 2 amide bonds. The summed E-state index contributed by atoms with van der Waals surface area (Å²) in [5.41, 5.74) is 6.58. The van der Waals surface area contributed by atoms with E-state index < -0.39 is 5.91 Å². The van der Waals surface area contributed by atoms with Crippen LogP contribution in [0.1, 0.15) is 33.6 Å². The van der Waals surface area contributed by atoms with Gasteiger partial charge in [-0.2, -0.15) is 0 Å². The highest BCUT2D eigenvalue weighted by Crippen LogP contribution is 2.32. The number of hydrogen-bond donors (Lipinski definition) is 3. The second-order valence-electron chi connectivity index (χ2n) is 6.92. The van der Waals surface area contributed by atoms with E-state index in [9.17, 15) is 9.59 Å². The predicted octanol–water partition coefficient (Wildman–Crippen LogP) is 2.42. The van der Waals surface area contributed by atoms with Crippen molar-refractivity contribution < 1.29 is 9.59 Å². The van der Waals surface area contributed by atoms with Crippen molar-refractivity contribution in [1.29, 1.82) is 0 Å². The van der Waals surface area contributed by atoms with Gasteiger partial charge in [-0.1, -0.05) is 23.9 Å². The first-order valence-corrected chi connectivity index (χ1v) is 9.63. The lowest BCUT2D eigenvalue weighted by molar-refractivity contribution is 0.0927. The lowest BCUT2D eigenvalue weighted by Gasteiger charge is -2.24. The van der Waals surface area contributed by atoms with Gasteiger partial charge in [0, 0.05) is 27.4 Å². The van der Waals surface area contributed by atoms with Crippen LogP contribution in [0.25, 0.3) is 0 Å². The predicted molar refractivity (Wildman–Crippen MR) is 101 cm³/mol. The van der Waals surface area contributed by atoms with Crippen molar-refractivity contribution in [3.63, 3.8) is 0 Å². The summed E-state index contributed by atoms with van der Waals surface area (Å²) in [5, 5.41) is 6.61. The number of amides is 2. The van der Waals surface area contributed by atoms with Gasteiger partial charge in [0.25, 0.3) is 5.91 Å². The van der Waals surface area contributed by atoms with Gasteiger partial charge in [-0.15, -0.1) is 0 Å². The molecular formula is C20H21N3O2S. The van der Waals surface area contributed by atoms with Crippen molar-refractivity contribution in [3.05, 3.63) is 59.7 Å². The molecule has 26 heavy (non-hydrogen) atoms. The van der Waals surface area contributed by atoms with Crippen molar-refractivity contribution in [1.82, 2.24) is 10.6 Å². The fraction of sp³-hybridized carbons (Fsp3) is 0.300.